The number of nitrogens with one attached hydrogen (secondary N) is 3. The summed E-state index contributed by atoms with van der Waals surface area (Å²) in [7, 11) is 0. The van der Waals surface area contributed by atoms with Crippen molar-refractivity contribution in [1.82, 2.24) is 15.3 Å². The molecule has 0 fully saturated rings. The molecule has 0 saturated heterocycles. The number of amides is 4. The molecule has 0 aliphatic carbocycles. The number of urea groups is 1. The average molecular weight is 396 g/mol. The summed E-state index contributed by atoms with van der Waals surface area (Å²) in [4.78, 5) is 43.1. The van der Waals surface area contributed by atoms with Crippen LogP contribution >= 0.6 is 0 Å². The summed E-state index contributed by atoms with van der Waals surface area (Å²) in [6.45, 7) is 5.08. The van der Waals surface area contributed by atoms with E-state index in [1.807, 2.05) is 0 Å². The number of hydrogen-bond acceptors (Lipinski definition) is 7. The fourth-order valence-electron chi connectivity index (χ4n) is 1.89. The lowest BCUT2D eigenvalue weighted by molar-refractivity contribution is -0.127. The Morgan fingerprint density at radius 2 is 1.83 bits per heavy atom. The molecule has 0 aliphatic rings. The van der Waals surface area contributed by atoms with E-state index in [9.17, 15) is 14.4 Å². The average Bonchev–Trinajstić information content (AvgIpc) is 2.63. The van der Waals surface area contributed by atoms with Crippen molar-refractivity contribution in [3.8, 4) is 17.6 Å². The maximum Gasteiger partial charge on any atom is 0.327 e. The van der Waals surface area contributed by atoms with Crippen molar-refractivity contribution in [1.29, 1.82) is 5.26 Å². The van der Waals surface area contributed by atoms with Crippen molar-refractivity contribution in [3.05, 3.63) is 36.7 Å². The zero-order chi connectivity index (χ0) is 21.4. The van der Waals surface area contributed by atoms with E-state index in [4.69, 9.17) is 10.00 Å². The van der Waals surface area contributed by atoms with E-state index in [0.29, 0.717) is 11.5 Å². The molecule has 3 N–H and O–H groups in total. The van der Waals surface area contributed by atoms with E-state index >= 15 is 0 Å². The van der Waals surface area contributed by atoms with Gasteiger partial charge in [-0.3, -0.25) is 20.2 Å². The van der Waals surface area contributed by atoms with Crippen LogP contribution in [-0.4, -0.2) is 27.8 Å². The quantitative estimate of drug-likeness (QED) is 0.704. The summed E-state index contributed by atoms with van der Waals surface area (Å²) in [6, 6.07) is 7.22. The lowest BCUT2D eigenvalue weighted by Crippen LogP contribution is -2.41. The van der Waals surface area contributed by atoms with E-state index in [1.54, 1.807) is 39.0 Å². The first-order valence-corrected chi connectivity index (χ1v) is 8.56. The van der Waals surface area contributed by atoms with Gasteiger partial charge >= 0.3 is 6.03 Å². The predicted molar refractivity (Wildman–Crippen MR) is 104 cm³/mol. The molecule has 0 bridgehead atoms. The van der Waals surface area contributed by atoms with Gasteiger partial charge in [0.25, 0.3) is 0 Å². The molecule has 0 aromatic carbocycles. The van der Waals surface area contributed by atoms with Gasteiger partial charge in [0.15, 0.2) is 0 Å². The molecule has 2 aromatic rings. The van der Waals surface area contributed by atoms with Gasteiger partial charge in [-0.15, -0.1) is 0 Å². The van der Waals surface area contributed by atoms with Crippen LogP contribution in [0.2, 0.25) is 0 Å². The molecule has 0 spiro atoms. The smallest absolute Gasteiger partial charge is 0.327 e. The number of carbonyl (C=O) groups is 3. The molecule has 0 saturated carbocycles. The number of nitriles is 1. The standard InChI is InChI=1S/C19H20N6O4/c1-19(2,3)17(27)25-18(28)24-14-5-4-13(11-22-14)29-12-7-9-21-15(10-12)23-16(26)6-8-20/h4-5,7,9-11H,6H2,1-3H3,(H,21,23,26)(H2,22,24,25,27,28). The first kappa shape index (κ1) is 21.3. The van der Waals surface area contributed by atoms with Crippen molar-refractivity contribution in [3.63, 3.8) is 0 Å². The van der Waals surface area contributed by atoms with Gasteiger partial charge in [0.1, 0.15) is 29.6 Å². The molecule has 2 aromatic heterocycles. The highest BCUT2D eigenvalue weighted by atomic mass is 16.5. The summed E-state index contributed by atoms with van der Waals surface area (Å²) >= 11 is 0. The molecule has 150 valence electrons. The van der Waals surface area contributed by atoms with Crippen LogP contribution < -0.4 is 20.7 Å². The van der Waals surface area contributed by atoms with Crippen molar-refractivity contribution in [2.75, 3.05) is 10.6 Å². The van der Waals surface area contributed by atoms with Gasteiger partial charge in [-0.25, -0.2) is 14.8 Å². The molecule has 10 heteroatoms. The summed E-state index contributed by atoms with van der Waals surface area (Å²) in [6.07, 6.45) is 2.55. The van der Waals surface area contributed by atoms with Crippen molar-refractivity contribution in [2.45, 2.75) is 27.2 Å². The van der Waals surface area contributed by atoms with Crippen LogP contribution in [0.4, 0.5) is 16.4 Å². The summed E-state index contributed by atoms with van der Waals surface area (Å²) < 4.78 is 5.63. The van der Waals surface area contributed by atoms with Crippen LogP contribution in [0.3, 0.4) is 0 Å². The number of rotatable bonds is 5. The summed E-state index contributed by atoms with van der Waals surface area (Å²) in [5.74, 6) is 0.359. The zero-order valence-electron chi connectivity index (χ0n) is 16.1. The normalized spacial score (nSPS) is 10.4. The Bertz CT molecular complexity index is 944. The van der Waals surface area contributed by atoms with Gasteiger partial charge in [-0.05, 0) is 18.2 Å². The number of imide groups is 1. The minimum atomic E-state index is -0.695. The number of nitrogens with zero attached hydrogens (tertiary/aromatic N) is 3. The van der Waals surface area contributed by atoms with Crippen molar-refractivity contribution < 1.29 is 19.1 Å². The second-order valence-electron chi connectivity index (χ2n) is 6.90. The van der Waals surface area contributed by atoms with E-state index in [2.05, 4.69) is 25.9 Å². The Kier molecular flexibility index (Phi) is 6.81. The van der Waals surface area contributed by atoms with E-state index in [-0.39, 0.29) is 18.1 Å². The number of pyridine rings is 2. The van der Waals surface area contributed by atoms with Crippen LogP contribution in [0.1, 0.15) is 27.2 Å². The van der Waals surface area contributed by atoms with Gasteiger partial charge in [0.2, 0.25) is 11.8 Å². The monoisotopic (exact) mass is 396 g/mol. The van der Waals surface area contributed by atoms with Gasteiger partial charge in [-0.1, -0.05) is 20.8 Å². The Morgan fingerprint density at radius 1 is 1.07 bits per heavy atom. The van der Waals surface area contributed by atoms with E-state index in [1.165, 1.54) is 24.5 Å². The first-order chi connectivity index (χ1) is 13.7. The van der Waals surface area contributed by atoms with Crippen molar-refractivity contribution >= 4 is 29.5 Å². The predicted octanol–water partition coefficient (Wildman–Crippen LogP) is 2.82. The minimum Gasteiger partial charge on any atom is -0.456 e. The molecule has 2 rings (SSSR count). The second kappa shape index (κ2) is 9.27. The Morgan fingerprint density at radius 3 is 2.45 bits per heavy atom. The number of carbonyl (C=O) groups excluding carboxylic acids is 3. The van der Waals surface area contributed by atoms with Crippen LogP contribution in [0.5, 0.6) is 11.5 Å². The van der Waals surface area contributed by atoms with Crippen LogP contribution in [0.15, 0.2) is 36.7 Å². The number of anilines is 2. The van der Waals surface area contributed by atoms with Gasteiger partial charge < -0.3 is 10.1 Å². The number of aromatic nitrogens is 2. The molecule has 10 nitrogen and oxygen atoms in total. The largest absolute Gasteiger partial charge is 0.456 e. The third-order valence-corrected chi connectivity index (χ3v) is 3.36. The third-order valence-electron chi connectivity index (χ3n) is 3.36. The van der Waals surface area contributed by atoms with Crippen LogP contribution in [0, 0.1) is 16.7 Å². The SMILES string of the molecule is CC(C)(C)C(=O)NC(=O)Nc1ccc(Oc2ccnc(NC(=O)CC#N)c2)cn1. The molecule has 4 amide bonds. The fourth-order valence-corrected chi connectivity index (χ4v) is 1.89. The Hall–Kier alpha value is -4.00. The maximum atomic E-state index is 11.8. The third kappa shape index (κ3) is 6.91. The molecule has 2 heterocycles. The molecule has 0 atom stereocenters. The fraction of sp³-hybridized carbons (Fsp3) is 0.263. The van der Waals surface area contributed by atoms with Gasteiger partial charge in [0.05, 0.1) is 12.3 Å². The molecular formula is C19H20N6O4. The lowest BCUT2D eigenvalue weighted by Gasteiger charge is -2.16. The highest BCUT2D eigenvalue weighted by Gasteiger charge is 2.23. The molecule has 0 aliphatic heterocycles. The molecular weight excluding hydrogens is 376 g/mol. The topological polar surface area (TPSA) is 146 Å². The summed E-state index contributed by atoms with van der Waals surface area (Å²) in [5, 5.41) is 15.7. The highest BCUT2D eigenvalue weighted by molar-refractivity contribution is 6.02. The molecule has 29 heavy (non-hydrogen) atoms. The Balaban J connectivity index is 1.96. The van der Waals surface area contributed by atoms with E-state index in [0.717, 1.165) is 0 Å². The first-order valence-electron chi connectivity index (χ1n) is 8.56. The molecule has 0 radical (unpaired) electrons. The highest BCUT2D eigenvalue weighted by Crippen LogP contribution is 2.23. The van der Waals surface area contributed by atoms with E-state index < -0.39 is 23.3 Å². The number of ether oxygens (including phenoxy) is 1. The molecule has 0 unspecified atom stereocenters. The second-order valence-corrected chi connectivity index (χ2v) is 6.90. The van der Waals surface area contributed by atoms with Crippen LogP contribution in [0.25, 0.3) is 0 Å². The van der Waals surface area contributed by atoms with Crippen molar-refractivity contribution in [2.24, 2.45) is 5.41 Å². The Labute approximate surface area is 167 Å². The minimum absolute atomic E-state index is 0.232. The number of hydrogen-bond donors (Lipinski definition) is 3. The maximum absolute atomic E-state index is 11.8. The van der Waals surface area contributed by atoms with Crippen LogP contribution in [-0.2, 0) is 9.59 Å². The van der Waals surface area contributed by atoms with Gasteiger partial charge in [0, 0.05) is 17.7 Å². The zero-order valence-corrected chi connectivity index (χ0v) is 16.1. The van der Waals surface area contributed by atoms with Gasteiger partial charge in [-0.2, -0.15) is 5.26 Å². The summed E-state index contributed by atoms with van der Waals surface area (Å²) in [5.41, 5.74) is -0.695. The lowest BCUT2D eigenvalue weighted by atomic mass is 9.96.